The Morgan fingerprint density at radius 2 is 1.82 bits per heavy atom. The highest BCUT2D eigenvalue weighted by molar-refractivity contribution is 9.10. The molecular formula is C18H20BrNO2. The average molecular weight is 362 g/mol. The van der Waals surface area contributed by atoms with Crippen LogP contribution in [0.3, 0.4) is 0 Å². The molecule has 0 radical (unpaired) electrons. The van der Waals surface area contributed by atoms with E-state index in [2.05, 4.69) is 45.1 Å². The first kappa shape index (κ1) is 15.5. The van der Waals surface area contributed by atoms with E-state index >= 15 is 0 Å². The SMILES string of the molecule is OC(COc1ccccc1Br)CN1CCc2ccccc2C1. The van der Waals surface area contributed by atoms with Gasteiger partial charge in [-0.25, -0.2) is 0 Å². The van der Waals surface area contributed by atoms with Crippen molar-refractivity contribution in [1.29, 1.82) is 0 Å². The smallest absolute Gasteiger partial charge is 0.133 e. The number of ether oxygens (including phenoxy) is 1. The van der Waals surface area contributed by atoms with Gasteiger partial charge in [0, 0.05) is 19.6 Å². The highest BCUT2D eigenvalue weighted by atomic mass is 79.9. The van der Waals surface area contributed by atoms with Crippen LogP contribution < -0.4 is 4.74 Å². The van der Waals surface area contributed by atoms with Gasteiger partial charge in [0.25, 0.3) is 0 Å². The highest BCUT2D eigenvalue weighted by Gasteiger charge is 2.18. The van der Waals surface area contributed by atoms with Crippen LogP contribution in [-0.4, -0.2) is 35.8 Å². The fourth-order valence-electron chi connectivity index (χ4n) is 2.81. The first-order valence-corrected chi connectivity index (χ1v) is 8.36. The lowest BCUT2D eigenvalue weighted by atomic mass is 10.00. The number of hydrogen-bond donors (Lipinski definition) is 1. The molecule has 116 valence electrons. The van der Waals surface area contributed by atoms with Gasteiger partial charge >= 0.3 is 0 Å². The Balaban J connectivity index is 1.51. The molecule has 2 aromatic rings. The largest absolute Gasteiger partial charge is 0.490 e. The molecule has 1 atom stereocenters. The fraction of sp³-hybridized carbons (Fsp3) is 0.333. The van der Waals surface area contributed by atoms with E-state index in [1.807, 2.05) is 24.3 Å². The topological polar surface area (TPSA) is 32.7 Å². The second-order valence-corrected chi connectivity index (χ2v) is 6.50. The summed E-state index contributed by atoms with van der Waals surface area (Å²) in [7, 11) is 0. The molecule has 0 saturated carbocycles. The Bertz CT molecular complexity index is 632. The summed E-state index contributed by atoms with van der Waals surface area (Å²) < 4.78 is 6.60. The molecule has 0 aliphatic carbocycles. The molecule has 3 nitrogen and oxygen atoms in total. The van der Waals surface area contributed by atoms with Gasteiger partial charge < -0.3 is 9.84 Å². The number of rotatable bonds is 5. The number of benzene rings is 2. The number of β-amino-alcohol motifs (C(OH)–C–C–N with tert-alkyl or cyclic N) is 1. The molecule has 0 amide bonds. The number of aliphatic hydroxyl groups is 1. The molecule has 0 fully saturated rings. The quantitative estimate of drug-likeness (QED) is 0.887. The number of fused-ring (bicyclic) bond motifs is 1. The van der Waals surface area contributed by atoms with E-state index < -0.39 is 6.10 Å². The van der Waals surface area contributed by atoms with Gasteiger partial charge in [-0.15, -0.1) is 0 Å². The Morgan fingerprint density at radius 1 is 1.09 bits per heavy atom. The monoisotopic (exact) mass is 361 g/mol. The first-order valence-electron chi connectivity index (χ1n) is 7.57. The van der Waals surface area contributed by atoms with Crippen LogP contribution in [0.2, 0.25) is 0 Å². The van der Waals surface area contributed by atoms with Crippen molar-refractivity contribution in [2.45, 2.75) is 19.1 Å². The predicted molar refractivity (Wildman–Crippen MR) is 91.1 cm³/mol. The predicted octanol–water partition coefficient (Wildman–Crippen LogP) is 3.25. The highest BCUT2D eigenvalue weighted by Crippen LogP contribution is 2.24. The van der Waals surface area contributed by atoms with Gasteiger partial charge in [0.15, 0.2) is 0 Å². The second kappa shape index (κ2) is 7.27. The van der Waals surface area contributed by atoms with Gasteiger partial charge in [-0.1, -0.05) is 36.4 Å². The van der Waals surface area contributed by atoms with E-state index in [0.29, 0.717) is 13.2 Å². The van der Waals surface area contributed by atoms with Crippen LogP contribution in [0.5, 0.6) is 5.75 Å². The first-order chi connectivity index (χ1) is 10.7. The second-order valence-electron chi connectivity index (χ2n) is 5.65. The van der Waals surface area contributed by atoms with Crippen LogP contribution in [-0.2, 0) is 13.0 Å². The van der Waals surface area contributed by atoms with Crippen molar-refractivity contribution in [2.75, 3.05) is 19.7 Å². The molecule has 1 heterocycles. The van der Waals surface area contributed by atoms with Crippen molar-refractivity contribution in [3.05, 3.63) is 64.1 Å². The molecule has 22 heavy (non-hydrogen) atoms. The lowest BCUT2D eigenvalue weighted by Gasteiger charge is -2.30. The summed E-state index contributed by atoms with van der Waals surface area (Å²) >= 11 is 3.45. The van der Waals surface area contributed by atoms with E-state index in [1.165, 1.54) is 11.1 Å². The molecular weight excluding hydrogens is 342 g/mol. The Morgan fingerprint density at radius 3 is 2.64 bits per heavy atom. The minimum Gasteiger partial charge on any atom is -0.490 e. The van der Waals surface area contributed by atoms with Crippen molar-refractivity contribution >= 4 is 15.9 Å². The molecule has 1 aliphatic rings. The molecule has 0 spiro atoms. The Hall–Kier alpha value is -1.36. The van der Waals surface area contributed by atoms with E-state index in [9.17, 15) is 5.11 Å². The summed E-state index contributed by atoms with van der Waals surface area (Å²) in [6.45, 7) is 2.84. The molecule has 4 heteroatoms. The van der Waals surface area contributed by atoms with Crippen molar-refractivity contribution < 1.29 is 9.84 Å². The van der Waals surface area contributed by atoms with Crippen molar-refractivity contribution in [3.63, 3.8) is 0 Å². The van der Waals surface area contributed by atoms with Crippen LogP contribution >= 0.6 is 15.9 Å². The number of nitrogens with zero attached hydrogens (tertiary/aromatic N) is 1. The maximum atomic E-state index is 10.2. The third kappa shape index (κ3) is 3.88. The molecule has 2 aromatic carbocycles. The Kier molecular flexibility index (Phi) is 5.13. The van der Waals surface area contributed by atoms with Gasteiger partial charge in [-0.3, -0.25) is 4.90 Å². The summed E-state index contributed by atoms with van der Waals surface area (Å²) in [6.07, 6.45) is 0.561. The lowest BCUT2D eigenvalue weighted by molar-refractivity contribution is 0.0635. The van der Waals surface area contributed by atoms with Gasteiger partial charge in [0.1, 0.15) is 18.5 Å². The molecule has 0 bridgehead atoms. The van der Waals surface area contributed by atoms with Crippen molar-refractivity contribution in [1.82, 2.24) is 4.90 Å². The maximum Gasteiger partial charge on any atom is 0.133 e. The van der Waals surface area contributed by atoms with Crippen LogP contribution in [0.25, 0.3) is 0 Å². The van der Waals surface area contributed by atoms with E-state index in [-0.39, 0.29) is 0 Å². The Labute approximate surface area is 139 Å². The maximum absolute atomic E-state index is 10.2. The van der Waals surface area contributed by atoms with Gasteiger partial charge in [-0.05, 0) is 45.6 Å². The van der Waals surface area contributed by atoms with Crippen molar-refractivity contribution in [2.24, 2.45) is 0 Å². The van der Waals surface area contributed by atoms with Gasteiger partial charge in [0.2, 0.25) is 0 Å². The summed E-state index contributed by atoms with van der Waals surface area (Å²) in [5, 5.41) is 10.2. The van der Waals surface area contributed by atoms with Gasteiger partial charge in [-0.2, -0.15) is 0 Å². The van der Waals surface area contributed by atoms with Crippen LogP contribution in [0.15, 0.2) is 53.0 Å². The molecule has 1 unspecified atom stereocenters. The van der Waals surface area contributed by atoms with E-state index in [0.717, 1.165) is 29.7 Å². The fourth-order valence-corrected chi connectivity index (χ4v) is 3.21. The zero-order valence-electron chi connectivity index (χ0n) is 12.4. The zero-order chi connectivity index (χ0) is 15.4. The molecule has 0 aromatic heterocycles. The van der Waals surface area contributed by atoms with E-state index in [4.69, 9.17) is 4.74 Å². The lowest BCUT2D eigenvalue weighted by Crippen LogP contribution is -2.38. The average Bonchev–Trinajstić information content (AvgIpc) is 2.54. The molecule has 1 aliphatic heterocycles. The molecule has 0 saturated heterocycles. The standard InChI is InChI=1S/C18H20BrNO2/c19-17-7-3-4-8-18(17)22-13-16(21)12-20-10-9-14-5-1-2-6-15(14)11-20/h1-8,16,21H,9-13H2. The summed E-state index contributed by atoms with van der Waals surface area (Å²) in [4.78, 5) is 2.29. The summed E-state index contributed by atoms with van der Waals surface area (Å²) in [6, 6.07) is 16.2. The third-order valence-corrected chi connectivity index (χ3v) is 4.60. The number of hydrogen-bond acceptors (Lipinski definition) is 3. The minimum atomic E-state index is -0.489. The summed E-state index contributed by atoms with van der Waals surface area (Å²) in [5.74, 6) is 0.769. The molecule has 3 rings (SSSR count). The van der Waals surface area contributed by atoms with Gasteiger partial charge in [0.05, 0.1) is 4.47 Å². The number of para-hydroxylation sites is 1. The molecule has 1 N–H and O–H groups in total. The van der Waals surface area contributed by atoms with Crippen molar-refractivity contribution in [3.8, 4) is 5.75 Å². The number of halogens is 1. The normalized spacial score (nSPS) is 16.1. The zero-order valence-corrected chi connectivity index (χ0v) is 14.0. The summed E-state index contributed by atoms with van der Waals surface area (Å²) in [5.41, 5.74) is 2.80. The third-order valence-electron chi connectivity index (χ3n) is 3.95. The minimum absolute atomic E-state index is 0.306. The van der Waals surface area contributed by atoms with E-state index in [1.54, 1.807) is 0 Å². The van der Waals surface area contributed by atoms with Crippen LogP contribution in [0.4, 0.5) is 0 Å². The number of aliphatic hydroxyl groups excluding tert-OH is 1. The van der Waals surface area contributed by atoms with Crippen LogP contribution in [0, 0.1) is 0 Å². The van der Waals surface area contributed by atoms with Crippen LogP contribution in [0.1, 0.15) is 11.1 Å².